The number of halogens is 3. The van der Waals surface area contributed by atoms with Gasteiger partial charge in [0.15, 0.2) is 5.82 Å². The first-order valence-electron chi connectivity index (χ1n) is 8.93. The summed E-state index contributed by atoms with van der Waals surface area (Å²) in [6, 6.07) is 3.19. The Morgan fingerprint density at radius 1 is 1.28 bits per heavy atom. The van der Waals surface area contributed by atoms with Crippen molar-refractivity contribution in [3.05, 3.63) is 42.4 Å². The third kappa shape index (κ3) is 3.48. The lowest BCUT2D eigenvalue weighted by atomic mass is 10.0. The molecule has 11 heteroatoms. The Hall–Kier alpha value is -3.21. The first kappa shape index (κ1) is 19.1. The fraction of sp³-hybridized carbons (Fsp3) is 0.333. The lowest BCUT2D eigenvalue weighted by Crippen LogP contribution is -2.61. The van der Waals surface area contributed by atoms with Gasteiger partial charge in [0.1, 0.15) is 23.2 Å². The zero-order valence-corrected chi connectivity index (χ0v) is 15.4. The summed E-state index contributed by atoms with van der Waals surface area (Å²) in [6.07, 6.45) is -0.538. The number of rotatable bonds is 3. The van der Waals surface area contributed by atoms with Gasteiger partial charge in [-0.05, 0) is 25.1 Å². The fourth-order valence-electron chi connectivity index (χ4n) is 3.50. The Kier molecular flexibility index (Phi) is 4.61. The van der Waals surface area contributed by atoms with E-state index in [0.29, 0.717) is 30.2 Å². The number of primary amides is 1. The highest BCUT2D eigenvalue weighted by Crippen LogP contribution is 2.30. The molecule has 1 amide bonds. The largest absolute Gasteiger partial charge is 0.417 e. The summed E-state index contributed by atoms with van der Waals surface area (Å²) in [5.74, 6) is 0.325. The number of hydrogen-bond donors (Lipinski definition) is 2. The fourth-order valence-corrected chi connectivity index (χ4v) is 3.50. The van der Waals surface area contributed by atoms with Crippen LogP contribution < -0.4 is 16.0 Å². The molecule has 8 nitrogen and oxygen atoms in total. The molecular weight excluding hydrogens is 387 g/mol. The van der Waals surface area contributed by atoms with Crippen LogP contribution in [0.1, 0.15) is 12.5 Å². The van der Waals surface area contributed by atoms with E-state index in [4.69, 9.17) is 5.73 Å². The summed E-state index contributed by atoms with van der Waals surface area (Å²) >= 11 is 0. The van der Waals surface area contributed by atoms with Crippen molar-refractivity contribution in [1.82, 2.24) is 24.7 Å². The van der Waals surface area contributed by atoms with E-state index in [2.05, 4.69) is 20.3 Å². The van der Waals surface area contributed by atoms with E-state index in [9.17, 15) is 18.0 Å². The van der Waals surface area contributed by atoms with E-state index >= 15 is 0 Å². The van der Waals surface area contributed by atoms with Gasteiger partial charge in [0.05, 0.1) is 17.8 Å². The van der Waals surface area contributed by atoms with Crippen LogP contribution in [0.3, 0.4) is 0 Å². The number of anilines is 1. The van der Waals surface area contributed by atoms with Gasteiger partial charge in [-0.1, -0.05) is 0 Å². The number of piperazine rings is 1. The number of alkyl halides is 3. The SMILES string of the molecule is C[C@@H]1[C@H](C(N)=O)NCCN1c1ccnc(-c2cnc3ccc(C(F)(F)F)cn23)n1. The van der Waals surface area contributed by atoms with E-state index in [-0.39, 0.29) is 11.9 Å². The number of carbonyl (C=O) groups is 1. The molecule has 1 aliphatic heterocycles. The number of imidazole rings is 1. The van der Waals surface area contributed by atoms with Crippen molar-refractivity contribution >= 4 is 17.4 Å². The number of pyridine rings is 1. The van der Waals surface area contributed by atoms with Gasteiger partial charge in [-0.15, -0.1) is 0 Å². The maximum absolute atomic E-state index is 13.1. The lowest BCUT2D eigenvalue weighted by Gasteiger charge is -2.39. The number of nitrogens with zero attached hydrogens (tertiary/aromatic N) is 5. The van der Waals surface area contributed by atoms with Gasteiger partial charge in [0, 0.05) is 25.5 Å². The van der Waals surface area contributed by atoms with Crippen LogP contribution >= 0.6 is 0 Å². The van der Waals surface area contributed by atoms with E-state index in [1.807, 2.05) is 11.8 Å². The van der Waals surface area contributed by atoms with Crippen LogP contribution in [0.5, 0.6) is 0 Å². The van der Waals surface area contributed by atoms with Gasteiger partial charge in [0.2, 0.25) is 5.91 Å². The van der Waals surface area contributed by atoms with Gasteiger partial charge >= 0.3 is 6.18 Å². The number of carbonyl (C=O) groups excluding carboxylic acids is 1. The number of fused-ring (bicyclic) bond motifs is 1. The molecule has 3 aromatic heterocycles. The topological polar surface area (TPSA) is 101 Å². The van der Waals surface area contributed by atoms with Crippen molar-refractivity contribution in [2.75, 3.05) is 18.0 Å². The van der Waals surface area contributed by atoms with Crippen LogP contribution in [-0.2, 0) is 11.0 Å². The summed E-state index contributed by atoms with van der Waals surface area (Å²) in [7, 11) is 0. The molecule has 1 saturated heterocycles. The normalized spacial score (nSPS) is 20.2. The van der Waals surface area contributed by atoms with E-state index in [1.165, 1.54) is 22.9 Å². The molecule has 1 aliphatic rings. The highest BCUT2D eigenvalue weighted by Gasteiger charge is 2.33. The molecule has 0 radical (unpaired) electrons. The molecule has 0 unspecified atom stereocenters. The molecule has 1 fully saturated rings. The van der Waals surface area contributed by atoms with E-state index < -0.39 is 23.7 Å². The average molecular weight is 405 g/mol. The molecule has 0 bridgehead atoms. The summed E-state index contributed by atoms with van der Waals surface area (Å²) in [6.45, 7) is 2.99. The van der Waals surface area contributed by atoms with E-state index in [1.54, 1.807) is 6.07 Å². The van der Waals surface area contributed by atoms with Crippen LogP contribution in [0.2, 0.25) is 0 Å². The third-order valence-corrected chi connectivity index (χ3v) is 4.99. The maximum atomic E-state index is 13.1. The lowest BCUT2D eigenvalue weighted by molar-refractivity contribution is -0.137. The van der Waals surface area contributed by atoms with Crippen LogP contribution in [0.4, 0.5) is 19.0 Å². The molecule has 0 saturated carbocycles. The molecule has 3 aromatic rings. The van der Waals surface area contributed by atoms with Crippen molar-refractivity contribution in [3.8, 4) is 11.5 Å². The molecule has 2 atom stereocenters. The third-order valence-electron chi connectivity index (χ3n) is 4.99. The Morgan fingerprint density at radius 2 is 2.07 bits per heavy atom. The minimum absolute atomic E-state index is 0.232. The number of aromatic nitrogens is 4. The molecule has 0 spiro atoms. The van der Waals surface area contributed by atoms with Gasteiger partial charge in [-0.3, -0.25) is 9.20 Å². The second-order valence-corrected chi connectivity index (χ2v) is 6.79. The zero-order valence-electron chi connectivity index (χ0n) is 15.4. The van der Waals surface area contributed by atoms with Crippen LogP contribution in [-0.4, -0.2) is 50.4 Å². The van der Waals surface area contributed by atoms with Crippen molar-refractivity contribution < 1.29 is 18.0 Å². The van der Waals surface area contributed by atoms with Crippen LogP contribution in [0.25, 0.3) is 17.2 Å². The summed E-state index contributed by atoms with van der Waals surface area (Å²) < 4.78 is 40.6. The zero-order chi connectivity index (χ0) is 20.8. The van der Waals surface area contributed by atoms with Gasteiger partial charge in [0.25, 0.3) is 0 Å². The van der Waals surface area contributed by atoms with E-state index in [0.717, 1.165) is 12.3 Å². The van der Waals surface area contributed by atoms with Gasteiger partial charge in [-0.25, -0.2) is 15.0 Å². The minimum Gasteiger partial charge on any atom is -0.368 e. The average Bonchev–Trinajstić information content (AvgIpc) is 3.10. The smallest absolute Gasteiger partial charge is 0.368 e. The highest BCUT2D eigenvalue weighted by atomic mass is 19.4. The molecule has 29 heavy (non-hydrogen) atoms. The monoisotopic (exact) mass is 405 g/mol. The second kappa shape index (κ2) is 6.99. The highest BCUT2D eigenvalue weighted by molar-refractivity contribution is 5.81. The van der Waals surface area contributed by atoms with Gasteiger partial charge < -0.3 is 16.0 Å². The predicted octanol–water partition coefficient (Wildman–Crippen LogP) is 1.46. The minimum atomic E-state index is -4.47. The summed E-state index contributed by atoms with van der Waals surface area (Å²) in [5, 5.41) is 3.07. The Morgan fingerprint density at radius 3 is 2.79 bits per heavy atom. The van der Waals surface area contributed by atoms with Crippen molar-refractivity contribution in [2.24, 2.45) is 5.73 Å². The maximum Gasteiger partial charge on any atom is 0.417 e. The van der Waals surface area contributed by atoms with Crippen molar-refractivity contribution in [2.45, 2.75) is 25.2 Å². The molecule has 4 heterocycles. The van der Waals surface area contributed by atoms with Gasteiger partial charge in [-0.2, -0.15) is 13.2 Å². The summed E-state index contributed by atoms with van der Waals surface area (Å²) in [4.78, 5) is 26.4. The van der Waals surface area contributed by atoms with Crippen LogP contribution in [0, 0.1) is 0 Å². The number of nitrogens with one attached hydrogen (secondary N) is 1. The Bertz CT molecular complexity index is 1070. The number of amides is 1. The Balaban J connectivity index is 1.73. The second-order valence-electron chi connectivity index (χ2n) is 6.79. The molecule has 4 rings (SSSR count). The van der Waals surface area contributed by atoms with Crippen LogP contribution in [0.15, 0.2) is 36.8 Å². The predicted molar refractivity (Wildman–Crippen MR) is 99.0 cm³/mol. The molecular formula is C18H18F3N7O. The van der Waals surface area contributed by atoms with Crippen molar-refractivity contribution in [1.29, 1.82) is 0 Å². The molecule has 3 N–H and O–H groups in total. The first-order valence-corrected chi connectivity index (χ1v) is 8.93. The van der Waals surface area contributed by atoms with Crippen molar-refractivity contribution in [3.63, 3.8) is 0 Å². The standard InChI is InChI=1S/C18H18F3N7O/c1-10-15(16(22)29)23-6-7-27(10)14-4-5-24-17(26-14)12-8-25-13-3-2-11(9-28(12)13)18(19,20)21/h2-5,8-10,15,23H,6-7H2,1H3,(H2,22,29)/t10-,15-/m1/s1. The molecule has 0 aromatic carbocycles. The molecule has 152 valence electrons. The Labute approximate surface area is 163 Å². The summed E-state index contributed by atoms with van der Waals surface area (Å²) in [5.41, 5.74) is 5.35. The molecule has 0 aliphatic carbocycles. The number of nitrogens with two attached hydrogens (primary N) is 1. The quantitative estimate of drug-likeness (QED) is 0.684. The first-order chi connectivity index (χ1) is 13.8. The number of hydrogen-bond acceptors (Lipinski definition) is 6.